The van der Waals surface area contributed by atoms with Crippen molar-refractivity contribution in [3.05, 3.63) is 94.1 Å². The highest BCUT2D eigenvalue weighted by molar-refractivity contribution is 5.92. The van der Waals surface area contributed by atoms with Gasteiger partial charge < -0.3 is 15.2 Å². The maximum absolute atomic E-state index is 12.9. The highest BCUT2D eigenvalue weighted by atomic mass is 19.4. The Morgan fingerprint density at radius 1 is 1.17 bits per heavy atom. The normalized spacial score (nSPS) is 16.7. The molecule has 0 radical (unpaired) electrons. The molecular formula is C22H17F3N2O3. The molecular weight excluding hydrogens is 397 g/mol. The Balaban J connectivity index is 1.96. The van der Waals surface area contributed by atoms with E-state index in [-0.39, 0.29) is 35.0 Å². The Bertz CT molecular complexity index is 1050. The van der Waals surface area contributed by atoms with Crippen LogP contribution in [-0.4, -0.2) is 5.97 Å². The average Bonchev–Trinajstić information content (AvgIpc) is 2.72. The van der Waals surface area contributed by atoms with E-state index in [2.05, 4.69) is 0 Å². The molecule has 0 spiro atoms. The van der Waals surface area contributed by atoms with Crippen molar-refractivity contribution in [2.75, 3.05) is 0 Å². The first kappa shape index (κ1) is 21.0. The molecule has 0 fully saturated rings. The Hall–Kier alpha value is -3.73. The summed E-state index contributed by atoms with van der Waals surface area (Å²) >= 11 is 0. The van der Waals surface area contributed by atoms with Crippen LogP contribution in [-0.2, 0) is 27.1 Å². The van der Waals surface area contributed by atoms with Gasteiger partial charge in [0.15, 0.2) is 0 Å². The first-order valence-electron chi connectivity index (χ1n) is 8.89. The smallest absolute Gasteiger partial charge is 0.416 e. The molecule has 1 aliphatic heterocycles. The third kappa shape index (κ3) is 4.30. The predicted molar refractivity (Wildman–Crippen MR) is 101 cm³/mol. The maximum Gasteiger partial charge on any atom is 0.416 e. The highest BCUT2D eigenvalue weighted by Gasteiger charge is 2.37. The number of alkyl halides is 3. The molecule has 2 aromatic carbocycles. The molecule has 0 saturated heterocycles. The van der Waals surface area contributed by atoms with Gasteiger partial charge in [0.25, 0.3) is 0 Å². The summed E-state index contributed by atoms with van der Waals surface area (Å²) in [6.45, 7) is 1.47. The third-order valence-electron chi connectivity index (χ3n) is 4.61. The van der Waals surface area contributed by atoms with Gasteiger partial charge in [0.2, 0.25) is 5.88 Å². The third-order valence-corrected chi connectivity index (χ3v) is 4.61. The second kappa shape index (κ2) is 8.33. The van der Waals surface area contributed by atoms with E-state index in [1.54, 1.807) is 24.3 Å². The summed E-state index contributed by atoms with van der Waals surface area (Å²) in [5.41, 5.74) is 5.93. The molecule has 2 N–H and O–H groups in total. The number of benzene rings is 2. The van der Waals surface area contributed by atoms with Crippen molar-refractivity contribution in [1.29, 1.82) is 5.26 Å². The lowest BCUT2D eigenvalue weighted by Crippen LogP contribution is -2.25. The van der Waals surface area contributed by atoms with Crippen molar-refractivity contribution >= 4 is 5.97 Å². The van der Waals surface area contributed by atoms with Gasteiger partial charge in [-0.3, -0.25) is 0 Å². The van der Waals surface area contributed by atoms with Gasteiger partial charge in [0.1, 0.15) is 24.0 Å². The summed E-state index contributed by atoms with van der Waals surface area (Å²) in [5, 5.41) is 9.55. The summed E-state index contributed by atoms with van der Waals surface area (Å²) in [6.07, 6.45) is -4.51. The lowest BCUT2D eigenvalue weighted by Gasteiger charge is -2.27. The number of ether oxygens (including phenoxy) is 2. The van der Waals surface area contributed by atoms with Gasteiger partial charge in [-0.05, 0) is 30.2 Å². The summed E-state index contributed by atoms with van der Waals surface area (Å²) in [4.78, 5) is 12.8. The molecule has 1 heterocycles. The Kier molecular flexibility index (Phi) is 5.83. The van der Waals surface area contributed by atoms with E-state index in [4.69, 9.17) is 15.2 Å². The summed E-state index contributed by atoms with van der Waals surface area (Å²) in [6, 6.07) is 15.0. The lowest BCUT2D eigenvalue weighted by molar-refractivity contribution is -0.141. The second-order valence-electron chi connectivity index (χ2n) is 6.58. The summed E-state index contributed by atoms with van der Waals surface area (Å²) in [5.74, 6) is -1.84. The van der Waals surface area contributed by atoms with Crippen LogP contribution in [0.25, 0.3) is 0 Å². The van der Waals surface area contributed by atoms with E-state index < -0.39 is 23.6 Å². The molecule has 8 heteroatoms. The van der Waals surface area contributed by atoms with Gasteiger partial charge in [-0.2, -0.15) is 18.4 Å². The number of halogens is 3. The van der Waals surface area contributed by atoms with Crippen LogP contribution in [0.1, 0.15) is 29.5 Å². The summed E-state index contributed by atoms with van der Waals surface area (Å²) < 4.78 is 49.4. The summed E-state index contributed by atoms with van der Waals surface area (Å²) in [7, 11) is 0. The minimum Gasteiger partial charge on any atom is -0.457 e. The molecule has 3 rings (SSSR count). The Morgan fingerprint density at radius 2 is 1.80 bits per heavy atom. The van der Waals surface area contributed by atoms with Gasteiger partial charge in [0.05, 0.1) is 17.1 Å². The zero-order valence-corrected chi connectivity index (χ0v) is 15.9. The largest absolute Gasteiger partial charge is 0.457 e. The number of nitrogens with zero attached hydrogens (tertiary/aromatic N) is 1. The number of carbonyl (C=O) groups is 1. The topological polar surface area (TPSA) is 85.3 Å². The molecule has 1 aliphatic rings. The van der Waals surface area contributed by atoms with E-state index in [0.717, 1.165) is 17.7 Å². The standard InChI is InChI=1S/C22H17F3N2O3/c1-13-18(21(28)29-12-14-5-3-2-4-6-14)19(17(11-26)20(27)30-13)15-7-9-16(10-8-15)22(23,24)25/h2-10,19H,12,27H2,1H3/t19-/m1/s1. The number of allylic oxidation sites excluding steroid dienone is 2. The molecule has 0 amide bonds. The zero-order valence-electron chi connectivity index (χ0n) is 15.9. The average molecular weight is 414 g/mol. The van der Waals surface area contributed by atoms with Crippen LogP contribution < -0.4 is 5.73 Å². The fraction of sp³-hybridized carbons (Fsp3) is 0.182. The molecule has 0 bridgehead atoms. The first-order valence-corrected chi connectivity index (χ1v) is 8.89. The fourth-order valence-electron chi connectivity index (χ4n) is 3.14. The molecule has 0 unspecified atom stereocenters. The maximum atomic E-state index is 12.9. The Labute approximate surface area is 170 Å². The van der Waals surface area contributed by atoms with Crippen molar-refractivity contribution < 1.29 is 27.4 Å². The van der Waals surface area contributed by atoms with E-state index in [1.165, 1.54) is 19.1 Å². The quantitative estimate of drug-likeness (QED) is 0.743. The van der Waals surface area contributed by atoms with Crippen LogP contribution in [0.5, 0.6) is 0 Å². The predicted octanol–water partition coefficient (Wildman–Crippen LogP) is 4.53. The van der Waals surface area contributed by atoms with Crippen molar-refractivity contribution in [3.63, 3.8) is 0 Å². The Morgan fingerprint density at radius 3 is 2.37 bits per heavy atom. The molecule has 0 saturated carbocycles. The van der Waals surface area contributed by atoms with E-state index in [0.29, 0.717) is 0 Å². The molecule has 154 valence electrons. The van der Waals surface area contributed by atoms with Crippen LogP contribution in [0, 0.1) is 11.3 Å². The minimum atomic E-state index is -4.51. The number of esters is 1. The number of nitrogens with two attached hydrogens (primary N) is 1. The van der Waals surface area contributed by atoms with Gasteiger partial charge >= 0.3 is 12.1 Å². The molecule has 2 aromatic rings. The minimum absolute atomic E-state index is 0.0106. The van der Waals surface area contributed by atoms with Crippen LogP contribution in [0.2, 0.25) is 0 Å². The van der Waals surface area contributed by atoms with Gasteiger partial charge in [-0.25, -0.2) is 4.79 Å². The number of hydrogen-bond donors (Lipinski definition) is 1. The zero-order chi connectivity index (χ0) is 21.9. The van der Waals surface area contributed by atoms with E-state index in [9.17, 15) is 23.2 Å². The van der Waals surface area contributed by atoms with Crippen LogP contribution in [0.3, 0.4) is 0 Å². The lowest BCUT2D eigenvalue weighted by atomic mass is 9.83. The van der Waals surface area contributed by atoms with E-state index >= 15 is 0 Å². The van der Waals surface area contributed by atoms with Crippen LogP contribution >= 0.6 is 0 Å². The number of carbonyl (C=O) groups excluding carboxylic acids is 1. The van der Waals surface area contributed by atoms with Crippen LogP contribution in [0.4, 0.5) is 13.2 Å². The van der Waals surface area contributed by atoms with Crippen molar-refractivity contribution in [2.24, 2.45) is 5.73 Å². The first-order chi connectivity index (χ1) is 14.2. The SMILES string of the molecule is CC1=C(C(=O)OCc2ccccc2)[C@H](c2ccc(C(F)(F)F)cc2)C(C#N)=C(N)O1. The molecule has 30 heavy (non-hydrogen) atoms. The van der Waals surface area contributed by atoms with Crippen molar-refractivity contribution in [1.82, 2.24) is 0 Å². The highest BCUT2D eigenvalue weighted by Crippen LogP contribution is 2.40. The van der Waals surface area contributed by atoms with Gasteiger partial charge in [0, 0.05) is 0 Å². The number of nitriles is 1. The van der Waals surface area contributed by atoms with Crippen molar-refractivity contribution in [3.8, 4) is 6.07 Å². The van der Waals surface area contributed by atoms with E-state index in [1.807, 2.05) is 12.1 Å². The van der Waals surface area contributed by atoms with Crippen molar-refractivity contribution in [2.45, 2.75) is 25.6 Å². The molecule has 5 nitrogen and oxygen atoms in total. The molecule has 0 aromatic heterocycles. The van der Waals surface area contributed by atoms with Gasteiger partial charge in [-0.1, -0.05) is 42.5 Å². The van der Waals surface area contributed by atoms with Crippen LogP contribution in [0.15, 0.2) is 77.4 Å². The number of hydrogen-bond acceptors (Lipinski definition) is 5. The monoisotopic (exact) mass is 414 g/mol. The fourth-order valence-corrected chi connectivity index (χ4v) is 3.14. The molecule has 0 aliphatic carbocycles. The molecule has 1 atom stereocenters. The number of rotatable bonds is 4. The van der Waals surface area contributed by atoms with Gasteiger partial charge in [-0.15, -0.1) is 0 Å². The second-order valence-corrected chi connectivity index (χ2v) is 6.58.